The molecule has 0 spiro atoms. The van der Waals surface area contributed by atoms with Crippen LogP contribution in [0, 0.1) is 17.6 Å². The van der Waals surface area contributed by atoms with Gasteiger partial charge in [-0.25, -0.2) is 17.6 Å². The zero-order valence-electron chi connectivity index (χ0n) is 21.1. The fourth-order valence-electron chi connectivity index (χ4n) is 5.95. The maximum absolute atomic E-state index is 15.8. The van der Waals surface area contributed by atoms with Crippen molar-refractivity contribution in [1.82, 2.24) is 14.8 Å². The fraction of sp³-hybridized carbons (Fsp3) is 0.500. The second-order valence-electron chi connectivity index (χ2n) is 10.6. The zero-order valence-corrected chi connectivity index (χ0v) is 21.1. The van der Waals surface area contributed by atoms with Crippen LogP contribution < -0.4 is 0 Å². The third-order valence-corrected chi connectivity index (χ3v) is 7.96. The molecule has 1 fully saturated rings. The summed E-state index contributed by atoms with van der Waals surface area (Å²) in [6.45, 7) is 0.545. The summed E-state index contributed by atoms with van der Waals surface area (Å²) in [7, 11) is 0. The van der Waals surface area contributed by atoms with Gasteiger partial charge < -0.3 is 20.1 Å². The number of aliphatic hydroxyl groups is 2. The van der Waals surface area contributed by atoms with Crippen molar-refractivity contribution in [3.63, 3.8) is 0 Å². The molecule has 206 valence electrons. The van der Waals surface area contributed by atoms with Gasteiger partial charge in [-0.3, -0.25) is 9.29 Å². The molecule has 0 bridgehead atoms. The van der Waals surface area contributed by atoms with E-state index in [-0.39, 0.29) is 17.0 Å². The van der Waals surface area contributed by atoms with Crippen LogP contribution in [0.4, 0.5) is 22.0 Å². The number of para-hydroxylation sites is 1. The number of H-pyrrole nitrogens is 1. The largest absolute Gasteiger partial charge is 0.390 e. The average molecular weight is 538 g/mol. The van der Waals surface area contributed by atoms with Crippen LogP contribution in [0.2, 0.25) is 0 Å². The maximum Gasteiger partial charge on any atom is 0.283 e. The normalized spacial score (nSPS) is 22.0. The summed E-state index contributed by atoms with van der Waals surface area (Å²) in [5.41, 5.74) is 1.82. The van der Waals surface area contributed by atoms with Crippen LogP contribution in [0.25, 0.3) is 10.9 Å². The van der Waals surface area contributed by atoms with Crippen LogP contribution in [-0.2, 0) is 6.42 Å². The molecule has 3 atom stereocenters. The lowest BCUT2D eigenvalue weighted by molar-refractivity contribution is -0.0867. The molecule has 2 aromatic carbocycles. The van der Waals surface area contributed by atoms with E-state index in [1.165, 1.54) is 17.0 Å². The molecule has 0 aliphatic carbocycles. The van der Waals surface area contributed by atoms with Crippen molar-refractivity contribution in [3.05, 3.63) is 70.4 Å². The number of aromatic nitrogens is 1. The summed E-state index contributed by atoms with van der Waals surface area (Å²) >= 11 is 0. The quantitative estimate of drug-likeness (QED) is 0.346. The number of halogens is 5. The van der Waals surface area contributed by atoms with E-state index in [9.17, 15) is 23.4 Å². The summed E-state index contributed by atoms with van der Waals surface area (Å²) in [5.74, 6) is -6.17. The average Bonchev–Trinajstić information content (AvgIpc) is 3.23. The van der Waals surface area contributed by atoms with Crippen LogP contribution in [0.3, 0.4) is 0 Å². The molecule has 10 heteroatoms. The van der Waals surface area contributed by atoms with Crippen molar-refractivity contribution in [2.75, 3.05) is 39.5 Å². The molecule has 3 aromatic rings. The van der Waals surface area contributed by atoms with Crippen LogP contribution in [0.5, 0.6) is 0 Å². The van der Waals surface area contributed by atoms with Gasteiger partial charge in [-0.05, 0) is 31.4 Å². The first-order valence-corrected chi connectivity index (χ1v) is 12.9. The van der Waals surface area contributed by atoms with Gasteiger partial charge in [0.2, 0.25) is 0 Å². The van der Waals surface area contributed by atoms with Gasteiger partial charge in [-0.15, -0.1) is 0 Å². The summed E-state index contributed by atoms with van der Waals surface area (Å²) in [5, 5.41) is 20.9. The Hall–Kier alpha value is -2.53. The van der Waals surface area contributed by atoms with Crippen molar-refractivity contribution >= 4 is 10.9 Å². The second-order valence-corrected chi connectivity index (χ2v) is 10.6. The Morgan fingerprint density at radius 2 is 1.84 bits per heavy atom. The Balaban J connectivity index is 1.52. The molecule has 1 aromatic heterocycles. The minimum absolute atomic E-state index is 0.121. The molecule has 2 aliphatic rings. The molecule has 0 unspecified atom stereocenters. The van der Waals surface area contributed by atoms with E-state index in [0.717, 1.165) is 16.5 Å². The second kappa shape index (κ2) is 10.6. The zero-order chi connectivity index (χ0) is 27.2. The number of alkyl halides is 3. The predicted octanol–water partition coefficient (Wildman–Crippen LogP) is 4.73. The number of hydrogen-bond acceptors (Lipinski definition) is 4. The SMILES string of the molecule is C[C@@H]1Cc2c([nH]c3ccccc23)[C@@H](c2ccc([C@H](O)C3CN(CCCF)C3)c(F)c2F)N1CC(F)(F)CO. The van der Waals surface area contributed by atoms with Gasteiger partial charge in [-0.1, -0.05) is 30.3 Å². The standard InChI is InChI=1S/C28H32F5N3O2/c1-16-11-21-18-5-2-3-6-22(18)34-25(21)26(36(16)14-28(32,33)15-37)19-7-8-20(24(31)23(19)30)27(38)17-12-35(13-17)10-4-9-29/h2-3,5-8,16-17,26-27,34,37-38H,4,9-15H2,1H3/t16-,26-,27-/m1/s1. The van der Waals surface area contributed by atoms with Gasteiger partial charge in [0.25, 0.3) is 5.92 Å². The van der Waals surface area contributed by atoms with Crippen LogP contribution in [0.1, 0.15) is 47.9 Å². The topological polar surface area (TPSA) is 62.7 Å². The van der Waals surface area contributed by atoms with E-state index >= 15 is 8.78 Å². The molecule has 1 saturated heterocycles. The third-order valence-electron chi connectivity index (χ3n) is 7.96. The minimum atomic E-state index is -3.45. The monoisotopic (exact) mass is 537 g/mol. The molecule has 0 amide bonds. The molecule has 0 saturated carbocycles. The molecule has 3 N–H and O–H groups in total. The molecule has 0 radical (unpaired) electrons. The molecule has 5 nitrogen and oxygen atoms in total. The lowest BCUT2D eigenvalue weighted by Crippen LogP contribution is -2.50. The van der Waals surface area contributed by atoms with E-state index in [0.29, 0.717) is 38.2 Å². The Bertz CT molecular complexity index is 1290. The summed E-state index contributed by atoms with van der Waals surface area (Å²) in [6.07, 6.45) is -0.454. The Labute approximate surface area is 217 Å². The van der Waals surface area contributed by atoms with E-state index in [1.807, 2.05) is 29.2 Å². The van der Waals surface area contributed by atoms with E-state index in [4.69, 9.17) is 0 Å². The molecule has 3 heterocycles. The number of hydrogen-bond donors (Lipinski definition) is 3. The number of fused-ring (bicyclic) bond motifs is 3. The number of benzene rings is 2. The lowest BCUT2D eigenvalue weighted by atomic mass is 9.85. The van der Waals surface area contributed by atoms with E-state index in [1.54, 1.807) is 6.92 Å². The van der Waals surface area contributed by atoms with Crippen molar-refractivity contribution in [2.45, 2.75) is 43.9 Å². The minimum Gasteiger partial charge on any atom is -0.390 e. The maximum atomic E-state index is 15.8. The summed E-state index contributed by atoms with van der Waals surface area (Å²) < 4.78 is 72.6. The molecular weight excluding hydrogens is 505 g/mol. The van der Waals surface area contributed by atoms with Gasteiger partial charge in [0.1, 0.15) is 6.61 Å². The Morgan fingerprint density at radius 1 is 1.11 bits per heavy atom. The number of nitrogens with one attached hydrogen (secondary N) is 1. The van der Waals surface area contributed by atoms with E-state index < -0.39 is 55.6 Å². The predicted molar refractivity (Wildman–Crippen MR) is 134 cm³/mol. The summed E-state index contributed by atoms with van der Waals surface area (Å²) in [4.78, 5) is 6.58. The van der Waals surface area contributed by atoms with E-state index in [2.05, 4.69) is 4.98 Å². The van der Waals surface area contributed by atoms with Crippen molar-refractivity contribution in [1.29, 1.82) is 0 Å². The number of aromatic amines is 1. The van der Waals surface area contributed by atoms with Gasteiger partial charge in [0.05, 0.1) is 25.4 Å². The lowest BCUT2D eigenvalue weighted by Gasteiger charge is -2.43. The molecule has 2 aliphatic heterocycles. The Morgan fingerprint density at radius 3 is 2.55 bits per heavy atom. The van der Waals surface area contributed by atoms with Crippen LogP contribution in [-0.4, -0.2) is 76.4 Å². The highest BCUT2D eigenvalue weighted by atomic mass is 19.3. The van der Waals surface area contributed by atoms with Crippen molar-refractivity contribution < 1.29 is 32.2 Å². The molecule has 5 rings (SSSR count). The number of nitrogens with zero attached hydrogens (tertiary/aromatic N) is 2. The van der Waals surface area contributed by atoms with Crippen LogP contribution >= 0.6 is 0 Å². The fourth-order valence-corrected chi connectivity index (χ4v) is 5.95. The van der Waals surface area contributed by atoms with Crippen molar-refractivity contribution in [2.24, 2.45) is 5.92 Å². The van der Waals surface area contributed by atoms with Gasteiger partial charge in [-0.2, -0.15) is 0 Å². The van der Waals surface area contributed by atoms with Crippen molar-refractivity contribution in [3.8, 4) is 0 Å². The molecular formula is C28H32F5N3O2. The number of aliphatic hydroxyl groups excluding tert-OH is 2. The highest BCUT2D eigenvalue weighted by molar-refractivity contribution is 5.85. The third kappa shape index (κ3) is 4.83. The first-order valence-electron chi connectivity index (χ1n) is 12.9. The smallest absolute Gasteiger partial charge is 0.283 e. The first kappa shape index (κ1) is 27.1. The Kier molecular flexibility index (Phi) is 7.52. The van der Waals surface area contributed by atoms with Gasteiger partial charge >= 0.3 is 0 Å². The van der Waals surface area contributed by atoms with Gasteiger partial charge in [0.15, 0.2) is 11.6 Å². The number of likely N-dealkylation sites (tertiary alicyclic amines) is 1. The highest BCUT2D eigenvalue weighted by Gasteiger charge is 2.43. The highest BCUT2D eigenvalue weighted by Crippen LogP contribution is 2.44. The summed E-state index contributed by atoms with van der Waals surface area (Å²) in [6, 6.07) is 8.60. The van der Waals surface area contributed by atoms with Gasteiger partial charge in [0, 0.05) is 59.3 Å². The first-order chi connectivity index (χ1) is 18.1. The molecule has 38 heavy (non-hydrogen) atoms. The van der Waals surface area contributed by atoms with Crippen LogP contribution in [0.15, 0.2) is 36.4 Å². The number of rotatable bonds is 9.